The second-order valence-corrected chi connectivity index (χ2v) is 8.80. The van der Waals surface area contributed by atoms with Crippen molar-refractivity contribution < 1.29 is 13.9 Å². The molecule has 3 saturated heterocycles. The predicted octanol–water partition coefficient (Wildman–Crippen LogP) is 2.83. The van der Waals surface area contributed by atoms with Crippen LogP contribution in [-0.4, -0.2) is 68.2 Å². The van der Waals surface area contributed by atoms with E-state index in [0.717, 1.165) is 39.3 Å². The van der Waals surface area contributed by atoms with Crippen molar-refractivity contribution in [3.8, 4) is 0 Å². The molecule has 3 heterocycles. The lowest BCUT2D eigenvalue weighted by molar-refractivity contribution is -0.119. The van der Waals surface area contributed by atoms with Gasteiger partial charge in [0.15, 0.2) is 0 Å². The first-order valence-electron chi connectivity index (χ1n) is 10.7. The number of halogens is 1. The molecule has 0 spiro atoms. The van der Waals surface area contributed by atoms with E-state index in [1.54, 1.807) is 12.1 Å². The van der Waals surface area contributed by atoms with Crippen molar-refractivity contribution in [1.82, 2.24) is 9.80 Å². The second-order valence-electron chi connectivity index (χ2n) is 8.80. The summed E-state index contributed by atoms with van der Waals surface area (Å²) in [6.45, 7) is 6.16. The molecular weight excluding hydrogens is 357 g/mol. The Labute approximate surface area is 167 Å². The molecule has 4 rings (SSSR count). The maximum Gasteiger partial charge on any atom is 0.228 e. The van der Waals surface area contributed by atoms with E-state index in [1.807, 2.05) is 0 Å². The number of piperidine rings is 1. The lowest BCUT2D eigenvalue weighted by atomic mass is 9.86. The van der Waals surface area contributed by atoms with Crippen LogP contribution in [-0.2, 0) is 9.53 Å². The summed E-state index contributed by atoms with van der Waals surface area (Å²) in [5.74, 6) is 1.16. The highest BCUT2D eigenvalue weighted by Gasteiger charge is 2.39. The SMILES string of the molecule is CN1C[C@H](C(=O)Nc2ccc(F)cc2)C[C@@H]1C1CCN(C[C@@H]2CCOC2)CC1. The predicted molar refractivity (Wildman–Crippen MR) is 108 cm³/mol. The van der Waals surface area contributed by atoms with Crippen molar-refractivity contribution in [1.29, 1.82) is 0 Å². The smallest absolute Gasteiger partial charge is 0.228 e. The number of amides is 1. The van der Waals surface area contributed by atoms with E-state index in [-0.39, 0.29) is 17.6 Å². The lowest BCUT2D eigenvalue weighted by Crippen LogP contribution is -2.43. The molecule has 1 amide bonds. The average molecular weight is 390 g/mol. The number of nitrogens with zero attached hydrogens (tertiary/aromatic N) is 2. The number of nitrogens with one attached hydrogen (secondary N) is 1. The van der Waals surface area contributed by atoms with Crippen LogP contribution in [0.25, 0.3) is 0 Å². The van der Waals surface area contributed by atoms with Gasteiger partial charge in [0.05, 0.1) is 12.5 Å². The third-order valence-corrected chi connectivity index (χ3v) is 6.80. The highest BCUT2D eigenvalue weighted by molar-refractivity contribution is 5.92. The summed E-state index contributed by atoms with van der Waals surface area (Å²) in [5, 5.41) is 2.95. The molecule has 0 radical (unpaired) electrons. The molecule has 6 heteroatoms. The van der Waals surface area contributed by atoms with Gasteiger partial charge in [-0.3, -0.25) is 4.79 Å². The highest BCUT2D eigenvalue weighted by Crippen LogP contribution is 2.33. The van der Waals surface area contributed by atoms with Gasteiger partial charge in [0.1, 0.15) is 5.82 Å². The minimum absolute atomic E-state index is 0.00807. The molecule has 1 N–H and O–H groups in total. The summed E-state index contributed by atoms with van der Waals surface area (Å²) in [6.07, 6.45) is 4.56. The van der Waals surface area contributed by atoms with Crippen LogP contribution in [0.3, 0.4) is 0 Å². The fourth-order valence-electron chi connectivity index (χ4n) is 5.16. The Hall–Kier alpha value is -1.50. The van der Waals surface area contributed by atoms with Gasteiger partial charge in [-0.2, -0.15) is 0 Å². The number of carbonyl (C=O) groups excluding carboxylic acids is 1. The molecule has 0 unspecified atom stereocenters. The molecule has 1 aromatic rings. The molecule has 0 aromatic heterocycles. The maximum absolute atomic E-state index is 13.0. The zero-order valence-corrected chi connectivity index (χ0v) is 16.8. The molecule has 154 valence electrons. The Morgan fingerprint density at radius 1 is 1.21 bits per heavy atom. The first kappa shape index (κ1) is 19.8. The minimum Gasteiger partial charge on any atom is -0.381 e. The van der Waals surface area contributed by atoms with Gasteiger partial charge in [0.2, 0.25) is 5.91 Å². The molecule has 3 fully saturated rings. The van der Waals surface area contributed by atoms with Crippen molar-refractivity contribution in [3.05, 3.63) is 30.1 Å². The summed E-state index contributed by atoms with van der Waals surface area (Å²) in [6, 6.07) is 6.49. The quantitative estimate of drug-likeness (QED) is 0.841. The fraction of sp³-hybridized carbons (Fsp3) is 0.682. The van der Waals surface area contributed by atoms with Crippen LogP contribution in [0.1, 0.15) is 25.7 Å². The third-order valence-electron chi connectivity index (χ3n) is 6.80. The minimum atomic E-state index is -0.287. The number of anilines is 1. The van der Waals surface area contributed by atoms with Crippen LogP contribution in [0.2, 0.25) is 0 Å². The molecule has 0 aliphatic carbocycles. The van der Waals surface area contributed by atoms with Gasteiger partial charge in [-0.15, -0.1) is 0 Å². The number of ether oxygens (including phenoxy) is 1. The van der Waals surface area contributed by atoms with Crippen molar-refractivity contribution in [3.63, 3.8) is 0 Å². The molecule has 28 heavy (non-hydrogen) atoms. The summed E-state index contributed by atoms with van der Waals surface area (Å²) >= 11 is 0. The Bertz CT molecular complexity index is 654. The topological polar surface area (TPSA) is 44.8 Å². The second kappa shape index (κ2) is 8.89. The Kier molecular flexibility index (Phi) is 6.28. The Morgan fingerprint density at radius 2 is 1.96 bits per heavy atom. The number of likely N-dealkylation sites (tertiary alicyclic amines) is 2. The highest BCUT2D eigenvalue weighted by atomic mass is 19.1. The van der Waals surface area contributed by atoms with Crippen LogP contribution >= 0.6 is 0 Å². The molecule has 3 aliphatic rings. The largest absolute Gasteiger partial charge is 0.381 e. The summed E-state index contributed by atoms with van der Waals surface area (Å²) in [5.41, 5.74) is 0.668. The molecule has 5 nitrogen and oxygen atoms in total. The molecule has 3 aliphatic heterocycles. The molecule has 0 bridgehead atoms. The molecule has 3 atom stereocenters. The van der Waals surface area contributed by atoms with Crippen molar-refractivity contribution in [2.75, 3.05) is 51.8 Å². The summed E-state index contributed by atoms with van der Waals surface area (Å²) < 4.78 is 18.6. The number of rotatable bonds is 5. The molecular formula is C22H32FN3O2. The van der Waals surface area contributed by atoms with Crippen LogP contribution < -0.4 is 5.32 Å². The lowest BCUT2D eigenvalue weighted by Gasteiger charge is -2.37. The van der Waals surface area contributed by atoms with E-state index >= 15 is 0 Å². The zero-order valence-electron chi connectivity index (χ0n) is 16.8. The number of benzene rings is 1. The third kappa shape index (κ3) is 4.73. The Morgan fingerprint density at radius 3 is 2.64 bits per heavy atom. The summed E-state index contributed by atoms with van der Waals surface area (Å²) in [7, 11) is 2.15. The molecule has 0 saturated carbocycles. The number of carbonyl (C=O) groups is 1. The Balaban J connectivity index is 1.25. The van der Waals surface area contributed by atoms with Gasteiger partial charge < -0.3 is 19.9 Å². The van der Waals surface area contributed by atoms with E-state index in [1.165, 1.54) is 37.9 Å². The first-order valence-corrected chi connectivity index (χ1v) is 10.7. The van der Waals surface area contributed by atoms with E-state index in [9.17, 15) is 9.18 Å². The van der Waals surface area contributed by atoms with E-state index in [2.05, 4.69) is 22.2 Å². The van der Waals surface area contributed by atoms with Crippen molar-refractivity contribution in [2.24, 2.45) is 17.8 Å². The number of hydrogen-bond donors (Lipinski definition) is 1. The normalized spacial score (nSPS) is 30.0. The standard InChI is InChI=1S/C22H32FN3O2/c1-25-14-18(22(27)24-20-4-2-19(23)3-5-20)12-21(25)17-6-9-26(10-7-17)13-16-8-11-28-15-16/h2-5,16-18,21H,6-15H2,1H3,(H,24,27)/t16-,18+,21+/m0/s1. The van der Waals surface area contributed by atoms with Gasteiger partial charge in [0.25, 0.3) is 0 Å². The fourth-order valence-corrected chi connectivity index (χ4v) is 5.16. The van der Waals surface area contributed by atoms with Crippen LogP contribution in [0.5, 0.6) is 0 Å². The average Bonchev–Trinajstić information content (AvgIpc) is 3.34. The van der Waals surface area contributed by atoms with Crippen LogP contribution in [0.4, 0.5) is 10.1 Å². The van der Waals surface area contributed by atoms with E-state index in [0.29, 0.717) is 23.6 Å². The van der Waals surface area contributed by atoms with Gasteiger partial charge in [-0.05, 0) is 81.9 Å². The van der Waals surface area contributed by atoms with Gasteiger partial charge >= 0.3 is 0 Å². The zero-order chi connectivity index (χ0) is 19.5. The van der Waals surface area contributed by atoms with Crippen LogP contribution in [0, 0.1) is 23.6 Å². The van der Waals surface area contributed by atoms with E-state index < -0.39 is 0 Å². The van der Waals surface area contributed by atoms with E-state index in [4.69, 9.17) is 4.74 Å². The van der Waals surface area contributed by atoms with Crippen molar-refractivity contribution in [2.45, 2.75) is 31.7 Å². The van der Waals surface area contributed by atoms with Gasteiger partial charge in [-0.25, -0.2) is 4.39 Å². The molecule has 1 aromatic carbocycles. The first-order chi connectivity index (χ1) is 13.6. The van der Waals surface area contributed by atoms with Gasteiger partial charge in [0, 0.05) is 31.4 Å². The number of hydrogen-bond acceptors (Lipinski definition) is 4. The van der Waals surface area contributed by atoms with Crippen molar-refractivity contribution >= 4 is 11.6 Å². The maximum atomic E-state index is 13.0. The monoisotopic (exact) mass is 389 g/mol. The van der Waals surface area contributed by atoms with Crippen LogP contribution in [0.15, 0.2) is 24.3 Å². The van der Waals surface area contributed by atoms with Gasteiger partial charge in [-0.1, -0.05) is 0 Å². The summed E-state index contributed by atoms with van der Waals surface area (Å²) in [4.78, 5) is 17.6.